The molecule has 1 aromatic heterocycles. The van der Waals surface area contributed by atoms with Crippen molar-refractivity contribution in [2.75, 3.05) is 39.1 Å². The summed E-state index contributed by atoms with van der Waals surface area (Å²) < 4.78 is 6.45. The molecule has 2 amide bonds. The Morgan fingerprint density at radius 3 is 2.67 bits per heavy atom. The largest absolute Gasteiger partial charge is 0.486 e. The molecule has 0 unspecified atom stereocenters. The third-order valence-electron chi connectivity index (χ3n) is 6.31. The lowest BCUT2D eigenvalue weighted by Gasteiger charge is -2.38. The lowest BCUT2D eigenvalue weighted by atomic mass is 9.99. The molecule has 36 heavy (non-hydrogen) atoms. The Balaban J connectivity index is 1.66. The van der Waals surface area contributed by atoms with E-state index in [0.717, 1.165) is 10.6 Å². The monoisotopic (exact) mass is 508 g/mol. The molecule has 2 heterocycles. The van der Waals surface area contributed by atoms with Gasteiger partial charge in [-0.1, -0.05) is 25.1 Å². The van der Waals surface area contributed by atoms with Crippen LogP contribution in [0, 0.1) is 5.92 Å². The van der Waals surface area contributed by atoms with E-state index in [2.05, 4.69) is 10.3 Å². The van der Waals surface area contributed by atoms with E-state index in [9.17, 15) is 14.7 Å². The minimum absolute atomic E-state index is 0.000614. The third-order valence-corrected chi connectivity index (χ3v) is 7.13. The van der Waals surface area contributed by atoms with Gasteiger partial charge in [0.1, 0.15) is 11.1 Å². The number of likely N-dealkylation sites (N-methyl/N-ethyl adjacent to an activating group) is 1. The van der Waals surface area contributed by atoms with Crippen LogP contribution in [0.5, 0.6) is 5.75 Å². The fourth-order valence-electron chi connectivity index (χ4n) is 4.24. The lowest BCUT2D eigenvalue weighted by molar-refractivity contribution is 0.0365. The molecule has 1 aliphatic rings. The number of nitrogens with zero attached hydrogens (tertiary/aromatic N) is 3. The summed E-state index contributed by atoms with van der Waals surface area (Å²) in [5, 5.41) is 15.5. The summed E-state index contributed by atoms with van der Waals surface area (Å²) in [6.07, 6.45) is 1.52. The van der Waals surface area contributed by atoms with Crippen molar-refractivity contribution in [3.8, 4) is 16.3 Å². The van der Waals surface area contributed by atoms with E-state index in [0.29, 0.717) is 35.7 Å². The molecule has 8 nitrogen and oxygen atoms in total. The Hall–Kier alpha value is -3.27. The summed E-state index contributed by atoms with van der Waals surface area (Å²) >= 11 is 1.54. The number of rotatable bonds is 7. The highest BCUT2D eigenvalue weighted by atomic mass is 32.1. The number of hydrogen-bond acceptors (Lipinski definition) is 7. The summed E-state index contributed by atoms with van der Waals surface area (Å²) in [4.78, 5) is 34.7. The minimum atomic E-state index is -0.347. The second-order valence-electron chi connectivity index (χ2n) is 9.44. The Bertz CT molecular complexity index is 1200. The quantitative estimate of drug-likeness (QED) is 0.504. The molecule has 0 radical (unpaired) electrons. The van der Waals surface area contributed by atoms with Crippen molar-refractivity contribution in [3.05, 3.63) is 65.2 Å². The van der Waals surface area contributed by atoms with E-state index in [1.165, 1.54) is 11.3 Å². The van der Waals surface area contributed by atoms with Crippen LogP contribution in [0.15, 0.2) is 54.0 Å². The first-order chi connectivity index (χ1) is 17.3. The molecule has 0 fully saturated rings. The van der Waals surface area contributed by atoms with Crippen LogP contribution in [0.25, 0.3) is 10.6 Å². The van der Waals surface area contributed by atoms with Gasteiger partial charge >= 0.3 is 0 Å². The summed E-state index contributed by atoms with van der Waals surface area (Å²) in [5.74, 6) is -0.181. The molecule has 0 spiro atoms. The van der Waals surface area contributed by atoms with Gasteiger partial charge in [-0.05, 0) is 45.3 Å². The molecule has 3 atom stereocenters. The number of carbonyl (C=O) groups is 2. The van der Waals surface area contributed by atoms with Gasteiger partial charge in [-0.3, -0.25) is 9.59 Å². The highest BCUT2D eigenvalue weighted by Gasteiger charge is 2.34. The van der Waals surface area contributed by atoms with Crippen LogP contribution in [0.2, 0.25) is 0 Å². The van der Waals surface area contributed by atoms with E-state index in [-0.39, 0.29) is 36.5 Å². The van der Waals surface area contributed by atoms with Gasteiger partial charge in [0, 0.05) is 41.7 Å². The van der Waals surface area contributed by atoms with Gasteiger partial charge in [0.05, 0.1) is 23.9 Å². The number of hydrogen-bond donors (Lipinski definition) is 2. The second-order valence-corrected chi connectivity index (χ2v) is 10.3. The van der Waals surface area contributed by atoms with Crippen LogP contribution >= 0.6 is 11.3 Å². The molecule has 0 saturated heterocycles. The van der Waals surface area contributed by atoms with Gasteiger partial charge < -0.3 is 25.0 Å². The van der Waals surface area contributed by atoms with E-state index in [1.54, 1.807) is 41.4 Å². The first kappa shape index (κ1) is 25.8. The molecule has 0 bridgehead atoms. The summed E-state index contributed by atoms with van der Waals surface area (Å²) in [5.41, 5.74) is 2.23. The highest BCUT2D eigenvalue weighted by molar-refractivity contribution is 7.13. The standard InChI is InChI=1S/C27H32N4O4S/c1-17-14-31(18(2)16-32)27(34)21-6-5-7-22(24(21)35-23(17)15-30(3)4)29-25(33)19-8-10-20(11-9-19)26-28-12-13-36-26/h5-13,17-18,23,32H,14-16H2,1-4H3,(H,29,33)/t17-,18+,23-/m0/s1. The van der Waals surface area contributed by atoms with Crippen LogP contribution in [0.1, 0.15) is 34.6 Å². The average Bonchev–Trinajstić information content (AvgIpc) is 3.41. The maximum absolute atomic E-state index is 13.5. The maximum Gasteiger partial charge on any atom is 0.258 e. The number of fused-ring (bicyclic) bond motifs is 1. The first-order valence-corrected chi connectivity index (χ1v) is 12.8. The number of amides is 2. The normalized spacial score (nSPS) is 18.7. The van der Waals surface area contributed by atoms with Crippen molar-refractivity contribution in [1.29, 1.82) is 0 Å². The SMILES string of the molecule is C[C@H](CO)N1C[C@H](C)[C@H](CN(C)C)Oc2c(NC(=O)c3ccc(-c4nccs4)cc3)cccc2C1=O. The molecule has 4 rings (SSSR count). The number of nitrogens with one attached hydrogen (secondary N) is 1. The molecule has 3 aromatic rings. The number of anilines is 1. The smallest absolute Gasteiger partial charge is 0.258 e. The fourth-order valence-corrected chi connectivity index (χ4v) is 4.89. The molecule has 2 N–H and O–H groups in total. The van der Waals surface area contributed by atoms with Crippen LogP contribution in [-0.2, 0) is 0 Å². The Labute approximate surface area is 215 Å². The van der Waals surface area contributed by atoms with Crippen LogP contribution in [0.3, 0.4) is 0 Å². The summed E-state index contributed by atoms with van der Waals surface area (Å²) in [6, 6.07) is 12.1. The Morgan fingerprint density at radius 1 is 1.28 bits per heavy atom. The van der Waals surface area contributed by atoms with Crippen LogP contribution < -0.4 is 10.1 Å². The van der Waals surface area contributed by atoms with Crippen molar-refractivity contribution in [2.24, 2.45) is 5.92 Å². The summed E-state index contributed by atoms with van der Waals surface area (Å²) in [7, 11) is 3.94. The van der Waals surface area contributed by atoms with Crippen LogP contribution in [-0.4, -0.2) is 77.6 Å². The van der Waals surface area contributed by atoms with Crippen molar-refractivity contribution >= 4 is 28.8 Å². The zero-order chi connectivity index (χ0) is 25.8. The zero-order valence-corrected chi connectivity index (χ0v) is 21.8. The number of aromatic nitrogens is 1. The number of benzene rings is 2. The topological polar surface area (TPSA) is 95.0 Å². The third kappa shape index (κ3) is 5.59. The molecule has 2 aromatic carbocycles. The van der Waals surface area contributed by atoms with Crippen molar-refractivity contribution in [1.82, 2.24) is 14.8 Å². The maximum atomic E-state index is 13.5. The highest BCUT2D eigenvalue weighted by Crippen LogP contribution is 2.35. The second kappa shape index (κ2) is 11.2. The van der Waals surface area contributed by atoms with Crippen molar-refractivity contribution < 1.29 is 19.4 Å². The molecule has 1 aliphatic heterocycles. The number of thiazole rings is 1. The zero-order valence-electron chi connectivity index (χ0n) is 21.0. The van der Waals surface area contributed by atoms with Crippen molar-refractivity contribution in [3.63, 3.8) is 0 Å². The Kier molecular flexibility index (Phi) is 8.03. The molecular weight excluding hydrogens is 476 g/mol. The van der Waals surface area contributed by atoms with E-state index in [1.807, 2.05) is 50.4 Å². The molecule has 9 heteroatoms. The first-order valence-electron chi connectivity index (χ1n) is 12.0. The van der Waals surface area contributed by atoms with Gasteiger partial charge in [0.25, 0.3) is 11.8 Å². The van der Waals surface area contributed by atoms with E-state index in [4.69, 9.17) is 4.74 Å². The van der Waals surface area contributed by atoms with Gasteiger partial charge in [0.15, 0.2) is 5.75 Å². The van der Waals surface area contributed by atoms with Gasteiger partial charge in [0.2, 0.25) is 0 Å². The molecular formula is C27H32N4O4S. The number of aliphatic hydroxyl groups excluding tert-OH is 1. The number of para-hydroxylation sites is 1. The van der Waals surface area contributed by atoms with Gasteiger partial charge in [-0.2, -0.15) is 0 Å². The predicted molar refractivity (Wildman–Crippen MR) is 142 cm³/mol. The number of aliphatic hydroxyl groups is 1. The predicted octanol–water partition coefficient (Wildman–Crippen LogP) is 3.84. The van der Waals surface area contributed by atoms with Gasteiger partial charge in [-0.25, -0.2) is 4.98 Å². The minimum Gasteiger partial charge on any atom is -0.486 e. The number of carbonyl (C=O) groups excluding carboxylic acids is 2. The Morgan fingerprint density at radius 2 is 2.03 bits per heavy atom. The average molecular weight is 509 g/mol. The van der Waals surface area contributed by atoms with Crippen molar-refractivity contribution in [2.45, 2.75) is 26.0 Å². The molecule has 190 valence electrons. The van der Waals surface area contributed by atoms with Gasteiger partial charge in [-0.15, -0.1) is 11.3 Å². The fraction of sp³-hybridized carbons (Fsp3) is 0.370. The lowest BCUT2D eigenvalue weighted by Crippen LogP contribution is -2.49. The number of ether oxygens (including phenoxy) is 1. The van der Waals surface area contributed by atoms with E-state index < -0.39 is 0 Å². The molecule has 0 aliphatic carbocycles. The molecule has 0 saturated carbocycles. The summed E-state index contributed by atoms with van der Waals surface area (Å²) in [6.45, 7) is 4.82. The van der Waals surface area contributed by atoms with E-state index >= 15 is 0 Å². The van der Waals surface area contributed by atoms with Crippen LogP contribution in [0.4, 0.5) is 5.69 Å².